The summed E-state index contributed by atoms with van der Waals surface area (Å²) in [4.78, 5) is 24.9. The zero-order valence-corrected chi connectivity index (χ0v) is 13.1. The van der Waals surface area contributed by atoms with E-state index in [1.54, 1.807) is 0 Å². The summed E-state index contributed by atoms with van der Waals surface area (Å²) in [5, 5.41) is 44.0. The SMILES string of the molecule is C=CCC(C(=O)NC)(C(=O)NC)[C@@H]1O[C@H](CO)[C@@H](O)[C@H](O)[C@H]1O. The Bertz CT molecular complexity index is 438. The van der Waals surface area contributed by atoms with E-state index in [1.807, 2.05) is 0 Å². The summed E-state index contributed by atoms with van der Waals surface area (Å²) in [6.45, 7) is 2.85. The van der Waals surface area contributed by atoms with Crippen LogP contribution in [0.3, 0.4) is 0 Å². The maximum atomic E-state index is 12.4. The minimum absolute atomic E-state index is 0.185. The van der Waals surface area contributed by atoms with Crippen molar-refractivity contribution in [3.63, 3.8) is 0 Å². The van der Waals surface area contributed by atoms with Gasteiger partial charge in [0, 0.05) is 14.1 Å². The van der Waals surface area contributed by atoms with Crippen molar-refractivity contribution < 1.29 is 34.8 Å². The van der Waals surface area contributed by atoms with Gasteiger partial charge in [-0.15, -0.1) is 6.58 Å². The highest BCUT2D eigenvalue weighted by Gasteiger charge is 2.59. The molecule has 0 spiro atoms. The Morgan fingerprint density at radius 3 is 2.04 bits per heavy atom. The minimum Gasteiger partial charge on any atom is -0.394 e. The van der Waals surface area contributed by atoms with Crippen LogP contribution in [0.2, 0.25) is 0 Å². The molecule has 132 valence electrons. The fraction of sp³-hybridized carbons (Fsp3) is 0.714. The molecule has 0 aromatic heterocycles. The maximum Gasteiger partial charge on any atom is 0.238 e. The molecular formula is C14H24N2O7. The average Bonchev–Trinajstić information content (AvgIpc) is 2.56. The van der Waals surface area contributed by atoms with Crippen LogP contribution in [0.25, 0.3) is 0 Å². The molecule has 1 rings (SSSR count). The van der Waals surface area contributed by atoms with E-state index in [0.29, 0.717) is 0 Å². The van der Waals surface area contributed by atoms with Gasteiger partial charge in [-0.3, -0.25) is 9.59 Å². The molecule has 0 saturated carbocycles. The number of ether oxygens (including phenoxy) is 1. The van der Waals surface area contributed by atoms with Gasteiger partial charge in [0.2, 0.25) is 11.8 Å². The van der Waals surface area contributed by atoms with Crippen molar-refractivity contribution in [1.29, 1.82) is 0 Å². The van der Waals surface area contributed by atoms with Gasteiger partial charge in [0.05, 0.1) is 6.61 Å². The van der Waals surface area contributed by atoms with Gasteiger partial charge in [-0.05, 0) is 6.42 Å². The summed E-state index contributed by atoms with van der Waals surface area (Å²) < 4.78 is 5.42. The quantitative estimate of drug-likeness (QED) is 0.223. The van der Waals surface area contributed by atoms with Gasteiger partial charge in [-0.2, -0.15) is 0 Å². The number of amides is 2. The second-order valence-electron chi connectivity index (χ2n) is 5.37. The fourth-order valence-electron chi connectivity index (χ4n) is 2.85. The summed E-state index contributed by atoms with van der Waals surface area (Å²) >= 11 is 0. The highest BCUT2D eigenvalue weighted by Crippen LogP contribution is 2.37. The van der Waals surface area contributed by atoms with E-state index < -0.39 is 54.4 Å². The first-order valence-corrected chi connectivity index (χ1v) is 7.17. The Morgan fingerprint density at radius 2 is 1.65 bits per heavy atom. The standard InChI is InChI=1S/C14H24N2O7/c1-4-5-14(12(21)15-2,13(22)16-3)11-10(20)9(19)8(18)7(6-17)23-11/h4,7-11,17-20H,1,5-6H2,2-3H3,(H,15,21)(H,16,22)/t7-,8-,9+,10-,11-/m1/s1. The van der Waals surface area contributed by atoms with E-state index in [1.165, 1.54) is 20.2 Å². The number of aliphatic hydroxyl groups is 4. The van der Waals surface area contributed by atoms with Gasteiger partial charge in [0.25, 0.3) is 0 Å². The molecule has 0 radical (unpaired) electrons. The minimum atomic E-state index is -1.92. The van der Waals surface area contributed by atoms with Crippen LogP contribution in [0.5, 0.6) is 0 Å². The molecule has 5 atom stereocenters. The van der Waals surface area contributed by atoms with Gasteiger partial charge < -0.3 is 35.8 Å². The van der Waals surface area contributed by atoms with Crippen LogP contribution in [-0.2, 0) is 14.3 Å². The van der Waals surface area contributed by atoms with Crippen LogP contribution in [0.1, 0.15) is 6.42 Å². The number of carbonyl (C=O) groups is 2. The molecule has 0 unspecified atom stereocenters. The van der Waals surface area contributed by atoms with Crippen LogP contribution in [0.4, 0.5) is 0 Å². The lowest BCUT2D eigenvalue weighted by molar-refractivity contribution is -0.251. The normalized spacial score (nSPS) is 31.3. The van der Waals surface area contributed by atoms with Crippen LogP contribution in [0, 0.1) is 5.41 Å². The first-order chi connectivity index (χ1) is 10.8. The molecule has 1 aliphatic rings. The zero-order valence-electron chi connectivity index (χ0n) is 13.1. The molecule has 0 aromatic carbocycles. The summed E-state index contributed by atoms with van der Waals surface area (Å²) in [6.07, 6.45) is -6.58. The third-order valence-corrected chi connectivity index (χ3v) is 4.11. The molecule has 1 aliphatic heterocycles. The van der Waals surface area contributed by atoms with Crippen molar-refractivity contribution in [1.82, 2.24) is 10.6 Å². The first-order valence-electron chi connectivity index (χ1n) is 7.17. The molecular weight excluding hydrogens is 308 g/mol. The monoisotopic (exact) mass is 332 g/mol. The third kappa shape index (κ3) is 3.24. The maximum absolute atomic E-state index is 12.4. The Hall–Kier alpha value is -1.52. The predicted octanol–water partition coefficient (Wildman–Crippen LogP) is -3.12. The first kappa shape index (κ1) is 19.5. The summed E-state index contributed by atoms with van der Waals surface area (Å²) in [6, 6.07) is 0. The molecule has 9 heteroatoms. The van der Waals surface area contributed by atoms with Crippen molar-refractivity contribution in [3.8, 4) is 0 Å². The number of nitrogens with one attached hydrogen (secondary N) is 2. The van der Waals surface area contributed by atoms with Gasteiger partial charge in [0.15, 0.2) is 5.41 Å². The molecule has 1 fully saturated rings. The van der Waals surface area contributed by atoms with Crippen molar-refractivity contribution in [2.24, 2.45) is 5.41 Å². The van der Waals surface area contributed by atoms with Crippen molar-refractivity contribution in [2.45, 2.75) is 36.9 Å². The number of aliphatic hydroxyl groups excluding tert-OH is 4. The number of rotatable bonds is 6. The molecule has 1 saturated heterocycles. The van der Waals surface area contributed by atoms with E-state index in [4.69, 9.17) is 4.74 Å². The molecule has 23 heavy (non-hydrogen) atoms. The Labute approximate surface area is 134 Å². The van der Waals surface area contributed by atoms with E-state index in [-0.39, 0.29) is 6.42 Å². The Kier molecular flexibility index (Phi) is 6.66. The Balaban J connectivity index is 3.41. The van der Waals surface area contributed by atoms with Crippen molar-refractivity contribution in [2.75, 3.05) is 20.7 Å². The fourth-order valence-corrected chi connectivity index (χ4v) is 2.85. The topological polar surface area (TPSA) is 148 Å². The molecule has 0 aliphatic carbocycles. The van der Waals surface area contributed by atoms with E-state index in [9.17, 15) is 30.0 Å². The van der Waals surface area contributed by atoms with E-state index in [0.717, 1.165) is 0 Å². The van der Waals surface area contributed by atoms with Crippen LogP contribution in [-0.4, -0.2) is 83.5 Å². The Morgan fingerprint density at radius 1 is 1.13 bits per heavy atom. The third-order valence-electron chi connectivity index (χ3n) is 4.11. The van der Waals surface area contributed by atoms with Crippen LogP contribution < -0.4 is 10.6 Å². The highest BCUT2D eigenvalue weighted by molar-refractivity contribution is 6.06. The average molecular weight is 332 g/mol. The lowest BCUT2D eigenvalue weighted by Crippen LogP contribution is -2.68. The van der Waals surface area contributed by atoms with Gasteiger partial charge in [0.1, 0.15) is 30.5 Å². The molecule has 0 bridgehead atoms. The summed E-state index contributed by atoms with van der Waals surface area (Å²) in [7, 11) is 2.63. The van der Waals surface area contributed by atoms with Gasteiger partial charge >= 0.3 is 0 Å². The van der Waals surface area contributed by atoms with Crippen LogP contribution in [0.15, 0.2) is 12.7 Å². The number of carbonyl (C=O) groups excluding carboxylic acids is 2. The molecule has 0 aromatic rings. The highest BCUT2D eigenvalue weighted by atomic mass is 16.5. The second kappa shape index (κ2) is 7.84. The second-order valence-corrected chi connectivity index (χ2v) is 5.37. The number of hydrogen-bond donors (Lipinski definition) is 6. The molecule has 9 nitrogen and oxygen atoms in total. The lowest BCUT2D eigenvalue weighted by atomic mass is 9.71. The van der Waals surface area contributed by atoms with E-state index >= 15 is 0 Å². The lowest BCUT2D eigenvalue weighted by Gasteiger charge is -2.46. The molecule has 1 heterocycles. The largest absolute Gasteiger partial charge is 0.394 e. The molecule has 2 amide bonds. The number of hydrogen-bond acceptors (Lipinski definition) is 7. The van der Waals surface area contributed by atoms with Gasteiger partial charge in [-0.1, -0.05) is 6.08 Å². The number of allylic oxidation sites excluding steroid dienone is 1. The van der Waals surface area contributed by atoms with Crippen molar-refractivity contribution >= 4 is 11.8 Å². The zero-order chi connectivity index (χ0) is 17.8. The van der Waals surface area contributed by atoms with Gasteiger partial charge in [-0.25, -0.2) is 0 Å². The molecule has 6 N–H and O–H groups in total. The van der Waals surface area contributed by atoms with Crippen LogP contribution >= 0.6 is 0 Å². The predicted molar refractivity (Wildman–Crippen MR) is 79.1 cm³/mol. The van der Waals surface area contributed by atoms with Crippen molar-refractivity contribution in [3.05, 3.63) is 12.7 Å². The summed E-state index contributed by atoms with van der Waals surface area (Å²) in [5.41, 5.74) is -1.92. The van der Waals surface area contributed by atoms with E-state index in [2.05, 4.69) is 17.2 Å². The smallest absolute Gasteiger partial charge is 0.238 e. The summed E-state index contributed by atoms with van der Waals surface area (Å²) in [5.74, 6) is -1.50.